The van der Waals surface area contributed by atoms with Crippen LogP contribution in [0.3, 0.4) is 0 Å². The molecule has 23 heavy (non-hydrogen) atoms. The fourth-order valence-electron chi connectivity index (χ4n) is 3.70. The molecular weight excluding hydrogens is 288 g/mol. The Kier molecular flexibility index (Phi) is 5.21. The Morgan fingerprint density at radius 2 is 1.83 bits per heavy atom. The fourth-order valence-corrected chi connectivity index (χ4v) is 3.70. The van der Waals surface area contributed by atoms with Crippen molar-refractivity contribution in [3.8, 4) is 5.75 Å². The van der Waals surface area contributed by atoms with E-state index in [1.807, 2.05) is 24.0 Å². The highest BCUT2D eigenvalue weighted by Crippen LogP contribution is 2.22. The lowest BCUT2D eigenvalue weighted by molar-refractivity contribution is -0.134. The Labute approximate surface area is 139 Å². The predicted molar refractivity (Wildman–Crippen MR) is 91.8 cm³/mol. The highest BCUT2D eigenvalue weighted by atomic mass is 16.5. The minimum absolute atomic E-state index is 0.116. The van der Waals surface area contributed by atoms with E-state index < -0.39 is 0 Å². The quantitative estimate of drug-likeness (QED) is 0.856. The molecule has 1 aromatic rings. The first-order valence-corrected chi connectivity index (χ1v) is 8.86. The maximum absolute atomic E-state index is 12.4. The van der Waals surface area contributed by atoms with E-state index in [0.717, 1.165) is 37.2 Å². The van der Waals surface area contributed by atoms with E-state index in [0.29, 0.717) is 6.04 Å². The number of likely N-dealkylation sites (tertiary alicyclic amines) is 2. The summed E-state index contributed by atoms with van der Waals surface area (Å²) in [5.41, 5.74) is 2.31. The third-order valence-electron chi connectivity index (χ3n) is 5.38. The third-order valence-corrected chi connectivity index (χ3v) is 5.38. The molecule has 2 aliphatic rings. The lowest BCUT2D eigenvalue weighted by Crippen LogP contribution is -2.47. The molecule has 0 spiro atoms. The first-order chi connectivity index (χ1) is 11.1. The van der Waals surface area contributed by atoms with Crippen molar-refractivity contribution in [2.45, 2.75) is 45.6 Å². The Morgan fingerprint density at radius 3 is 2.52 bits per heavy atom. The summed E-state index contributed by atoms with van der Waals surface area (Å²) in [6, 6.07) is 6.66. The van der Waals surface area contributed by atoms with Gasteiger partial charge in [-0.2, -0.15) is 0 Å². The molecular formula is C19H28N2O2. The molecule has 1 amide bonds. The average molecular weight is 316 g/mol. The lowest BCUT2D eigenvalue weighted by atomic mass is 10.0. The number of carbonyl (C=O) groups is 1. The number of piperidine rings is 1. The van der Waals surface area contributed by atoms with E-state index in [1.54, 1.807) is 0 Å². The summed E-state index contributed by atoms with van der Waals surface area (Å²) < 4.78 is 5.76. The predicted octanol–water partition coefficient (Wildman–Crippen LogP) is 2.77. The van der Waals surface area contributed by atoms with Gasteiger partial charge in [0, 0.05) is 19.1 Å². The monoisotopic (exact) mass is 316 g/mol. The number of hydrogen-bond acceptors (Lipinski definition) is 3. The molecule has 0 atom stereocenters. The van der Waals surface area contributed by atoms with Crippen molar-refractivity contribution in [3.63, 3.8) is 0 Å². The van der Waals surface area contributed by atoms with Crippen LogP contribution in [0.15, 0.2) is 18.2 Å². The van der Waals surface area contributed by atoms with Crippen LogP contribution in [0.5, 0.6) is 5.75 Å². The molecule has 4 nitrogen and oxygen atoms in total. The Bertz CT molecular complexity index is 544. The zero-order valence-electron chi connectivity index (χ0n) is 14.4. The second-order valence-corrected chi connectivity index (χ2v) is 6.84. The van der Waals surface area contributed by atoms with Crippen molar-refractivity contribution >= 4 is 5.91 Å². The lowest BCUT2D eigenvalue weighted by Gasteiger charge is -2.36. The smallest absolute Gasteiger partial charge is 0.260 e. The molecule has 0 saturated carbocycles. The minimum atomic E-state index is 0.116. The molecule has 0 N–H and O–H groups in total. The van der Waals surface area contributed by atoms with Gasteiger partial charge in [-0.25, -0.2) is 0 Å². The van der Waals surface area contributed by atoms with Crippen molar-refractivity contribution in [2.75, 3.05) is 32.8 Å². The Morgan fingerprint density at radius 1 is 1.13 bits per heavy atom. The van der Waals surface area contributed by atoms with Crippen LogP contribution >= 0.6 is 0 Å². The van der Waals surface area contributed by atoms with Gasteiger partial charge in [0.1, 0.15) is 5.75 Å². The number of aryl methyl sites for hydroxylation is 1. The largest absolute Gasteiger partial charge is 0.483 e. The summed E-state index contributed by atoms with van der Waals surface area (Å²) in [6.45, 7) is 8.48. The van der Waals surface area contributed by atoms with Gasteiger partial charge in [-0.1, -0.05) is 12.1 Å². The maximum atomic E-state index is 12.4. The van der Waals surface area contributed by atoms with Crippen LogP contribution in [0.4, 0.5) is 0 Å². The van der Waals surface area contributed by atoms with Crippen molar-refractivity contribution in [1.29, 1.82) is 0 Å². The maximum Gasteiger partial charge on any atom is 0.260 e. The van der Waals surface area contributed by atoms with Gasteiger partial charge in [0.25, 0.3) is 5.91 Å². The number of amides is 1. The number of rotatable bonds is 4. The molecule has 0 radical (unpaired) electrons. The summed E-state index contributed by atoms with van der Waals surface area (Å²) in [6.07, 6.45) is 4.89. The zero-order valence-corrected chi connectivity index (χ0v) is 14.4. The van der Waals surface area contributed by atoms with Crippen LogP contribution < -0.4 is 4.74 Å². The summed E-state index contributed by atoms with van der Waals surface area (Å²) in [4.78, 5) is 17.0. The van der Waals surface area contributed by atoms with Crippen LogP contribution in [0, 0.1) is 13.8 Å². The van der Waals surface area contributed by atoms with Gasteiger partial charge in [0.2, 0.25) is 0 Å². The van der Waals surface area contributed by atoms with E-state index >= 15 is 0 Å². The van der Waals surface area contributed by atoms with Gasteiger partial charge in [0.05, 0.1) is 0 Å². The zero-order chi connectivity index (χ0) is 16.2. The van der Waals surface area contributed by atoms with Gasteiger partial charge >= 0.3 is 0 Å². The van der Waals surface area contributed by atoms with Crippen LogP contribution in [-0.4, -0.2) is 54.5 Å². The van der Waals surface area contributed by atoms with Crippen molar-refractivity contribution in [3.05, 3.63) is 29.3 Å². The van der Waals surface area contributed by atoms with Crippen LogP contribution in [-0.2, 0) is 4.79 Å². The molecule has 126 valence electrons. The third kappa shape index (κ3) is 3.86. The second-order valence-electron chi connectivity index (χ2n) is 6.84. The Balaban J connectivity index is 1.47. The molecule has 1 aromatic carbocycles. The fraction of sp³-hybridized carbons (Fsp3) is 0.632. The molecule has 2 heterocycles. The highest BCUT2D eigenvalue weighted by molar-refractivity contribution is 5.78. The van der Waals surface area contributed by atoms with E-state index in [9.17, 15) is 4.79 Å². The Hall–Kier alpha value is -1.55. The van der Waals surface area contributed by atoms with E-state index in [1.165, 1.54) is 31.5 Å². The summed E-state index contributed by atoms with van der Waals surface area (Å²) in [7, 11) is 0. The summed E-state index contributed by atoms with van der Waals surface area (Å²) >= 11 is 0. The number of nitrogens with zero attached hydrogens (tertiary/aromatic N) is 2. The van der Waals surface area contributed by atoms with Crippen molar-refractivity contribution < 1.29 is 9.53 Å². The normalized spacial score (nSPS) is 20.0. The molecule has 2 saturated heterocycles. The topological polar surface area (TPSA) is 32.8 Å². The number of hydrogen-bond donors (Lipinski definition) is 0. The molecule has 0 unspecified atom stereocenters. The number of ether oxygens (including phenoxy) is 1. The van der Waals surface area contributed by atoms with Gasteiger partial charge < -0.3 is 14.5 Å². The van der Waals surface area contributed by atoms with Crippen LogP contribution in [0.2, 0.25) is 0 Å². The molecule has 0 bridgehead atoms. The molecule has 4 heteroatoms. The van der Waals surface area contributed by atoms with E-state index in [-0.39, 0.29) is 12.5 Å². The summed E-state index contributed by atoms with van der Waals surface area (Å²) in [5, 5.41) is 0. The molecule has 0 aliphatic carbocycles. The minimum Gasteiger partial charge on any atom is -0.483 e. The standard InChI is InChI=1S/C19H28N2O2/c1-15-6-5-7-18(16(15)2)23-14-19(22)21-12-8-17(9-13-21)20-10-3-4-11-20/h5-7,17H,3-4,8-14H2,1-2H3. The number of benzene rings is 1. The summed E-state index contributed by atoms with van der Waals surface area (Å²) in [5.74, 6) is 0.941. The van der Waals surface area contributed by atoms with Gasteiger partial charge in [-0.15, -0.1) is 0 Å². The second kappa shape index (κ2) is 7.35. The van der Waals surface area contributed by atoms with Crippen LogP contribution in [0.25, 0.3) is 0 Å². The van der Waals surface area contributed by atoms with E-state index in [4.69, 9.17) is 4.74 Å². The first-order valence-electron chi connectivity index (χ1n) is 8.86. The van der Waals surface area contributed by atoms with Crippen molar-refractivity contribution in [1.82, 2.24) is 9.80 Å². The van der Waals surface area contributed by atoms with Gasteiger partial charge in [-0.05, 0) is 69.8 Å². The molecule has 2 aliphatic heterocycles. The average Bonchev–Trinajstić information content (AvgIpc) is 3.10. The SMILES string of the molecule is Cc1cccc(OCC(=O)N2CCC(N3CCCC3)CC2)c1C. The molecule has 3 rings (SSSR count). The number of carbonyl (C=O) groups excluding carboxylic acids is 1. The van der Waals surface area contributed by atoms with Gasteiger partial charge in [-0.3, -0.25) is 4.79 Å². The van der Waals surface area contributed by atoms with Crippen LogP contribution in [0.1, 0.15) is 36.8 Å². The molecule has 2 fully saturated rings. The van der Waals surface area contributed by atoms with E-state index in [2.05, 4.69) is 17.9 Å². The van der Waals surface area contributed by atoms with Gasteiger partial charge in [0.15, 0.2) is 6.61 Å². The first kappa shape index (κ1) is 16.3. The van der Waals surface area contributed by atoms with Crippen molar-refractivity contribution in [2.24, 2.45) is 0 Å². The highest BCUT2D eigenvalue weighted by Gasteiger charge is 2.28. The molecule has 0 aromatic heterocycles.